The second-order valence-electron chi connectivity index (χ2n) is 6.24. The molecule has 0 heterocycles. The normalized spacial score (nSPS) is 10.7. The van der Waals surface area contributed by atoms with Crippen molar-refractivity contribution in [2.75, 3.05) is 0 Å². The molecule has 0 fully saturated rings. The summed E-state index contributed by atoms with van der Waals surface area (Å²) in [5.74, 6) is 0.565. The number of benzene rings is 3. The van der Waals surface area contributed by atoms with Crippen LogP contribution in [0.5, 0.6) is 11.5 Å². The molecule has 3 aromatic carbocycles. The van der Waals surface area contributed by atoms with Gasteiger partial charge in [-0.2, -0.15) is 0 Å². The highest BCUT2D eigenvalue weighted by atomic mass is 16.6. The number of carbonyl (C=O) groups is 1. The van der Waals surface area contributed by atoms with Crippen LogP contribution in [0.1, 0.15) is 16.7 Å². The Morgan fingerprint density at radius 1 is 0.852 bits per heavy atom. The first-order valence-corrected chi connectivity index (χ1v) is 8.90. The van der Waals surface area contributed by atoms with Gasteiger partial charge in [0.2, 0.25) is 0 Å². The summed E-state index contributed by atoms with van der Waals surface area (Å²) in [6.07, 6.45) is 3.94. The van der Waals surface area contributed by atoms with Crippen LogP contribution >= 0.6 is 0 Å². The predicted molar refractivity (Wildman–Crippen MR) is 107 cm³/mol. The van der Waals surface area contributed by atoms with Crippen molar-refractivity contribution in [3.05, 3.63) is 108 Å². The molecule has 3 nitrogen and oxygen atoms in total. The third-order valence-corrected chi connectivity index (χ3v) is 4.00. The monoisotopic (exact) mass is 358 g/mol. The number of hydrogen-bond donors (Lipinski definition) is 0. The molecule has 0 N–H and O–H groups in total. The van der Waals surface area contributed by atoms with Gasteiger partial charge in [-0.1, -0.05) is 72.8 Å². The van der Waals surface area contributed by atoms with Crippen molar-refractivity contribution in [1.29, 1.82) is 0 Å². The Kier molecular flexibility index (Phi) is 6.42. The van der Waals surface area contributed by atoms with E-state index in [2.05, 4.69) is 0 Å². The standard InChI is InChI=1S/C24H22O3/c1-19-15-16-22(26-18-21-11-6-3-7-12-21)23(17-19)27-24(25)14-8-13-20-9-4-2-5-10-20/h2-12,14-17H,13,18H2,1H3. The van der Waals surface area contributed by atoms with Gasteiger partial charge in [-0.25, -0.2) is 4.79 Å². The summed E-state index contributed by atoms with van der Waals surface area (Å²) in [7, 11) is 0. The second kappa shape index (κ2) is 9.39. The molecule has 0 aliphatic rings. The lowest BCUT2D eigenvalue weighted by molar-refractivity contribution is -0.129. The van der Waals surface area contributed by atoms with Crippen LogP contribution in [0, 0.1) is 6.92 Å². The van der Waals surface area contributed by atoms with Gasteiger partial charge in [0.1, 0.15) is 6.61 Å². The maximum absolute atomic E-state index is 12.2. The van der Waals surface area contributed by atoms with E-state index >= 15 is 0 Å². The number of carbonyl (C=O) groups excluding carboxylic acids is 1. The highest BCUT2D eigenvalue weighted by molar-refractivity contribution is 5.84. The van der Waals surface area contributed by atoms with Crippen LogP contribution in [0.15, 0.2) is 91.0 Å². The quantitative estimate of drug-likeness (QED) is 0.327. The zero-order valence-electron chi connectivity index (χ0n) is 15.3. The molecule has 0 spiro atoms. The van der Waals surface area contributed by atoms with Crippen LogP contribution in [0.2, 0.25) is 0 Å². The van der Waals surface area contributed by atoms with Gasteiger partial charge in [0, 0.05) is 6.08 Å². The lowest BCUT2D eigenvalue weighted by Crippen LogP contribution is -2.06. The highest BCUT2D eigenvalue weighted by Gasteiger charge is 2.09. The predicted octanol–water partition coefficient (Wildman–Crippen LogP) is 5.28. The molecule has 0 bridgehead atoms. The summed E-state index contributed by atoms with van der Waals surface area (Å²) in [6.45, 7) is 2.36. The van der Waals surface area contributed by atoms with Gasteiger partial charge in [0.15, 0.2) is 11.5 Å². The summed E-state index contributed by atoms with van der Waals surface area (Å²) in [5.41, 5.74) is 3.19. The number of ether oxygens (including phenoxy) is 2. The lowest BCUT2D eigenvalue weighted by atomic mass is 10.1. The molecule has 3 heteroatoms. The maximum Gasteiger partial charge on any atom is 0.335 e. The smallest absolute Gasteiger partial charge is 0.335 e. The van der Waals surface area contributed by atoms with E-state index in [1.54, 1.807) is 6.08 Å². The van der Waals surface area contributed by atoms with Crippen molar-refractivity contribution >= 4 is 5.97 Å². The minimum absolute atomic E-state index is 0.415. The fourth-order valence-electron chi connectivity index (χ4n) is 2.60. The third-order valence-electron chi connectivity index (χ3n) is 4.00. The molecule has 0 saturated heterocycles. The molecule has 0 radical (unpaired) electrons. The zero-order chi connectivity index (χ0) is 18.9. The van der Waals surface area contributed by atoms with E-state index < -0.39 is 5.97 Å². The van der Waals surface area contributed by atoms with Crippen LogP contribution in [0.3, 0.4) is 0 Å². The zero-order valence-corrected chi connectivity index (χ0v) is 15.3. The highest BCUT2D eigenvalue weighted by Crippen LogP contribution is 2.29. The Morgan fingerprint density at radius 2 is 1.52 bits per heavy atom. The van der Waals surface area contributed by atoms with Crippen LogP contribution in [0.4, 0.5) is 0 Å². The van der Waals surface area contributed by atoms with Crippen molar-refractivity contribution in [3.63, 3.8) is 0 Å². The fraction of sp³-hybridized carbons (Fsp3) is 0.125. The van der Waals surface area contributed by atoms with Crippen molar-refractivity contribution in [3.8, 4) is 11.5 Å². The average molecular weight is 358 g/mol. The van der Waals surface area contributed by atoms with E-state index in [1.165, 1.54) is 6.08 Å². The lowest BCUT2D eigenvalue weighted by Gasteiger charge is -2.12. The van der Waals surface area contributed by atoms with E-state index in [9.17, 15) is 4.79 Å². The van der Waals surface area contributed by atoms with Gasteiger partial charge in [-0.05, 0) is 42.2 Å². The maximum atomic E-state index is 12.2. The van der Waals surface area contributed by atoms with E-state index in [4.69, 9.17) is 9.47 Å². The molecule has 0 aliphatic carbocycles. The van der Waals surface area contributed by atoms with Crippen LogP contribution < -0.4 is 9.47 Å². The summed E-state index contributed by atoms with van der Waals surface area (Å²) < 4.78 is 11.4. The SMILES string of the molecule is Cc1ccc(OCc2ccccc2)c(OC(=O)C=CCc2ccccc2)c1. The van der Waals surface area contributed by atoms with Gasteiger partial charge in [0.05, 0.1) is 0 Å². The summed E-state index contributed by atoms with van der Waals surface area (Å²) in [6, 6.07) is 25.4. The summed E-state index contributed by atoms with van der Waals surface area (Å²) in [5, 5.41) is 0. The number of allylic oxidation sites excluding steroid dienone is 1. The molecular weight excluding hydrogens is 336 g/mol. The molecule has 0 amide bonds. The molecule has 0 aliphatic heterocycles. The van der Waals surface area contributed by atoms with Gasteiger partial charge in [-0.15, -0.1) is 0 Å². The van der Waals surface area contributed by atoms with Crippen molar-refractivity contribution in [2.24, 2.45) is 0 Å². The topological polar surface area (TPSA) is 35.5 Å². The first-order chi connectivity index (χ1) is 13.2. The molecule has 0 aromatic heterocycles. The van der Waals surface area contributed by atoms with Crippen LogP contribution in [-0.2, 0) is 17.8 Å². The van der Waals surface area contributed by atoms with Crippen molar-refractivity contribution in [1.82, 2.24) is 0 Å². The Morgan fingerprint density at radius 3 is 2.22 bits per heavy atom. The molecule has 0 saturated carbocycles. The minimum atomic E-state index is -0.416. The number of esters is 1. The van der Waals surface area contributed by atoms with E-state index in [-0.39, 0.29) is 0 Å². The summed E-state index contributed by atoms with van der Waals surface area (Å²) in [4.78, 5) is 12.2. The summed E-state index contributed by atoms with van der Waals surface area (Å²) >= 11 is 0. The minimum Gasteiger partial charge on any atom is -0.485 e. The largest absolute Gasteiger partial charge is 0.485 e. The fourth-order valence-corrected chi connectivity index (χ4v) is 2.60. The van der Waals surface area contributed by atoms with E-state index in [0.29, 0.717) is 24.5 Å². The number of hydrogen-bond acceptors (Lipinski definition) is 3. The molecule has 136 valence electrons. The van der Waals surface area contributed by atoms with Gasteiger partial charge in [0.25, 0.3) is 0 Å². The number of rotatable bonds is 7. The number of aryl methyl sites for hydroxylation is 1. The van der Waals surface area contributed by atoms with Crippen LogP contribution in [-0.4, -0.2) is 5.97 Å². The average Bonchev–Trinajstić information content (AvgIpc) is 2.69. The molecule has 3 aromatic rings. The van der Waals surface area contributed by atoms with Crippen molar-refractivity contribution in [2.45, 2.75) is 20.0 Å². The Labute approximate surface area is 159 Å². The molecule has 0 unspecified atom stereocenters. The Hall–Kier alpha value is -3.33. The first kappa shape index (κ1) is 18.5. The van der Waals surface area contributed by atoms with Crippen LogP contribution in [0.25, 0.3) is 0 Å². The molecular formula is C24H22O3. The Bertz CT molecular complexity index is 899. The van der Waals surface area contributed by atoms with Gasteiger partial charge >= 0.3 is 5.97 Å². The third kappa shape index (κ3) is 5.86. The molecule has 3 rings (SSSR count). The van der Waals surface area contributed by atoms with Gasteiger partial charge < -0.3 is 9.47 Å². The van der Waals surface area contributed by atoms with Gasteiger partial charge in [-0.3, -0.25) is 0 Å². The Balaban J connectivity index is 1.62. The first-order valence-electron chi connectivity index (χ1n) is 8.90. The van der Waals surface area contributed by atoms with Crippen molar-refractivity contribution < 1.29 is 14.3 Å². The van der Waals surface area contributed by atoms with E-state index in [0.717, 1.165) is 16.7 Å². The molecule has 27 heavy (non-hydrogen) atoms. The molecule has 0 atom stereocenters. The van der Waals surface area contributed by atoms with E-state index in [1.807, 2.05) is 85.8 Å². The second-order valence-corrected chi connectivity index (χ2v) is 6.24.